The van der Waals surface area contributed by atoms with Crippen molar-refractivity contribution < 1.29 is 9.53 Å². The summed E-state index contributed by atoms with van der Waals surface area (Å²) < 4.78 is 5.45. The van der Waals surface area contributed by atoms with Gasteiger partial charge in [0.25, 0.3) is 0 Å². The van der Waals surface area contributed by atoms with Gasteiger partial charge in [0, 0.05) is 13.2 Å². The molecule has 18 heavy (non-hydrogen) atoms. The fourth-order valence-electron chi connectivity index (χ4n) is 3.19. The Morgan fingerprint density at radius 1 is 1.44 bits per heavy atom. The van der Waals surface area contributed by atoms with E-state index in [0.29, 0.717) is 5.92 Å². The van der Waals surface area contributed by atoms with Crippen LogP contribution in [-0.4, -0.2) is 37.7 Å². The Bertz CT molecular complexity index is 281. The summed E-state index contributed by atoms with van der Waals surface area (Å²) in [7, 11) is 0. The van der Waals surface area contributed by atoms with E-state index >= 15 is 0 Å². The first kappa shape index (κ1) is 13.8. The maximum atomic E-state index is 12.1. The molecule has 1 amide bonds. The van der Waals surface area contributed by atoms with E-state index in [4.69, 9.17) is 4.74 Å². The van der Waals surface area contributed by atoms with Crippen LogP contribution in [0.15, 0.2) is 0 Å². The van der Waals surface area contributed by atoms with Gasteiger partial charge in [-0.05, 0) is 51.5 Å². The summed E-state index contributed by atoms with van der Waals surface area (Å²) in [5.41, 5.74) is 0. The first-order valence-electron chi connectivity index (χ1n) is 7.31. The summed E-state index contributed by atoms with van der Waals surface area (Å²) in [4.78, 5) is 12.1. The summed E-state index contributed by atoms with van der Waals surface area (Å²) in [6.45, 7) is 6.53. The molecular weight excluding hydrogens is 228 g/mol. The number of rotatable bonds is 6. The Labute approximate surface area is 110 Å². The Kier molecular flexibility index (Phi) is 5.01. The molecule has 1 aliphatic carbocycles. The number of hydrogen-bond donors (Lipinski definition) is 2. The van der Waals surface area contributed by atoms with Gasteiger partial charge in [0.15, 0.2) is 0 Å². The maximum Gasteiger partial charge on any atom is 0.237 e. The van der Waals surface area contributed by atoms with Crippen molar-refractivity contribution in [2.75, 3.05) is 19.7 Å². The molecule has 4 nitrogen and oxygen atoms in total. The van der Waals surface area contributed by atoms with Gasteiger partial charge >= 0.3 is 0 Å². The molecule has 0 aromatic rings. The van der Waals surface area contributed by atoms with Crippen LogP contribution in [0.3, 0.4) is 0 Å². The van der Waals surface area contributed by atoms with Crippen LogP contribution in [-0.2, 0) is 9.53 Å². The third-order valence-electron chi connectivity index (χ3n) is 4.10. The number of ether oxygens (including phenoxy) is 1. The van der Waals surface area contributed by atoms with Gasteiger partial charge in [-0.15, -0.1) is 0 Å². The van der Waals surface area contributed by atoms with Crippen molar-refractivity contribution in [1.29, 1.82) is 0 Å². The number of fused-ring (bicyclic) bond motifs is 1. The minimum atomic E-state index is 0.0588. The number of carbonyl (C=O) groups is 1. The summed E-state index contributed by atoms with van der Waals surface area (Å²) in [5.74, 6) is 1.51. The highest BCUT2D eigenvalue weighted by molar-refractivity contribution is 5.82. The first-order chi connectivity index (χ1) is 8.68. The average Bonchev–Trinajstić information content (AvgIpc) is 2.89. The predicted octanol–water partition coefficient (Wildman–Crippen LogP) is 1.31. The minimum Gasteiger partial charge on any atom is -0.379 e. The van der Waals surface area contributed by atoms with Crippen LogP contribution >= 0.6 is 0 Å². The quantitative estimate of drug-likeness (QED) is 0.703. The molecule has 2 aliphatic rings. The highest BCUT2D eigenvalue weighted by Crippen LogP contribution is 2.37. The van der Waals surface area contributed by atoms with E-state index in [2.05, 4.69) is 10.6 Å². The van der Waals surface area contributed by atoms with Crippen LogP contribution in [0.1, 0.15) is 39.5 Å². The second-order valence-electron chi connectivity index (χ2n) is 5.80. The maximum absolute atomic E-state index is 12.1. The molecule has 3 atom stereocenters. The molecule has 0 aromatic carbocycles. The van der Waals surface area contributed by atoms with E-state index in [0.717, 1.165) is 32.0 Å². The molecule has 1 saturated heterocycles. The van der Waals surface area contributed by atoms with Crippen molar-refractivity contribution in [3.05, 3.63) is 0 Å². The van der Waals surface area contributed by atoms with Crippen molar-refractivity contribution in [1.82, 2.24) is 10.6 Å². The molecule has 104 valence electrons. The van der Waals surface area contributed by atoms with Crippen LogP contribution in [0, 0.1) is 11.8 Å². The van der Waals surface area contributed by atoms with Gasteiger partial charge in [0.05, 0.1) is 12.1 Å². The number of nitrogens with one attached hydrogen (secondary N) is 2. The normalized spacial score (nSPS) is 30.7. The number of carbonyl (C=O) groups excluding carboxylic acids is 1. The van der Waals surface area contributed by atoms with E-state index in [1.54, 1.807) is 0 Å². The second kappa shape index (κ2) is 6.53. The topological polar surface area (TPSA) is 50.4 Å². The lowest BCUT2D eigenvalue weighted by Crippen LogP contribution is -2.44. The van der Waals surface area contributed by atoms with Gasteiger partial charge in [-0.25, -0.2) is 0 Å². The lowest BCUT2D eigenvalue weighted by atomic mass is 9.93. The molecule has 1 aliphatic heterocycles. The van der Waals surface area contributed by atoms with Crippen molar-refractivity contribution in [3.63, 3.8) is 0 Å². The molecule has 0 radical (unpaired) electrons. The fourth-order valence-corrected chi connectivity index (χ4v) is 3.19. The Hall–Kier alpha value is -0.610. The van der Waals surface area contributed by atoms with Gasteiger partial charge in [-0.1, -0.05) is 6.42 Å². The molecule has 2 fully saturated rings. The largest absolute Gasteiger partial charge is 0.379 e. The van der Waals surface area contributed by atoms with Crippen molar-refractivity contribution in [3.8, 4) is 0 Å². The molecule has 0 aromatic heterocycles. The van der Waals surface area contributed by atoms with Crippen molar-refractivity contribution >= 4 is 5.91 Å². The molecular formula is C14H26N2O2. The van der Waals surface area contributed by atoms with E-state index in [9.17, 15) is 4.79 Å². The average molecular weight is 254 g/mol. The minimum absolute atomic E-state index is 0.0588. The zero-order valence-electron chi connectivity index (χ0n) is 11.6. The van der Waals surface area contributed by atoms with Crippen LogP contribution in [0.2, 0.25) is 0 Å². The number of hydrogen-bond acceptors (Lipinski definition) is 3. The fraction of sp³-hybridized carbons (Fsp3) is 0.929. The Morgan fingerprint density at radius 3 is 3.06 bits per heavy atom. The summed E-state index contributed by atoms with van der Waals surface area (Å²) in [6.07, 6.45) is 4.97. The van der Waals surface area contributed by atoms with E-state index in [-0.39, 0.29) is 18.1 Å². The lowest BCUT2D eigenvalue weighted by molar-refractivity contribution is -0.123. The summed E-state index contributed by atoms with van der Waals surface area (Å²) >= 11 is 0. The lowest BCUT2D eigenvalue weighted by Gasteiger charge is -2.17. The second-order valence-corrected chi connectivity index (χ2v) is 5.80. The van der Waals surface area contributed by atoms with Gasteiger partial charge in [-0.3, -0.25) is 4.79 Å². The van der Waals surface area contributed by atoms with Gasteiger partial charge in [0.1, 0.15) is 0 Å². The first-order valence-corrected chi connectivity index (χ1v) is 7.31. The SMILES string of the molecule is CC(C)OCCCNC(=O)C1NCC2CCCC21. The third kappa shape index (κ3) is 3.45. The molecule has 0 bridgehead atoms. The molecule has 1 heterocycles. The smallest absolute Gasteiger partial charge is 0.237 e. The molecule has 2 rings (SSSR count). The zero-order valence-corrected chi connectivity index (χ0v) is 11.6. The standard InChI is InChI=1S/C14H26N2O2/c1-10(2)18-8-4-7-15-14(17)13-12-6-3-5-11(12)9-16-13/h10-13,16H,3-9H2,1-2H3,(H,15,17). The molecule has 4 heteroatoms. The molecule has 1 saturated carbocycles. The van der Waals surface area contributed by atoms with Crippen LogP contribution in [0.4, 0.5) is 0 Å². The van der Waals surface area contributed by atoms with Gasteiger partial charge in [0.2, 0.25) is 5.91 Å². The van der Waals surface area contributed by atoms with Crippen LogP contribution in [0.25, 0.3) is 0 Å². The van der Waals surface area contributed by atoms with Crippen molar-refractivity contribution in [2.24, 2.45) is 11.8 Å². The highest BCUT2D eigenvalue weighted by atomic mass is 16.5. The van der Waals surface area contributed by atoms with Gasteiger partial charge < -0.3 is 15.4 Å². The Balaban J connectivity index is 1.63. The number of amides is 1. The molecule has 2 N–H and O–H groups in total. The zero-order chi connectivity index (χ0) is 13.0. The highest BCUT2D eigenvalue weighted by Gasteiger charge is 2.42. The monoisotopic (exact) mass is 254 g/mol. The summed E-state index contributed by atoms with van der Waals surface area (Å²) in [5, 5.41) is 6.40. The van der Waals surface area contributed by atoms with E-state index in [1.165, 1.54) is 19.3 Å². The predicted molar refractivity (Wildman–Crippen MR) is 71.3 cm³/mol. The van der Waals surface area contributed by atoms with Crippen LogP contribution in [0.5, 0.6) is 0 Å². The van der Waals surface area contributed by atoms with Crippen molar-refractivity contribution in [2.45, 2.75) is 51.7 Å². The molecule has 0 spiro atoms. The molecule has 3 unspecified atom stereocenters. The van der Waals surface area contributed by atoms with Crippen LogP contribution < -0.4 is 10.6 Å². The summed E-state index contributed by atoms with van der Waals surface area (Å²) in [6, 6.07) is 0.0588. The van der Waals surface area contributed by atoms with E-state index in [1.807, 2.05) is 13.8 Å². The Morgan fingerprint density at radius 2 is 2.28 bits per heavy atom. The van der Waals surface area contributed by atoms with Gasteiger partial charge in [-0.2, -0.15) is 0 Å². The van der Waals surface area contributed by atoms with E-state index < -0.39 is 0 Å². The third-order valence-corrected chi connectivity index (χ3v) is 4.10.